The van der Waals surface area contributed by atoms with Crippen LogP contribution in [0.25, 0.3) is 11.3 Å². The van der Waals surface area contributed by atoms with Crippen LogP contribution in [0.5, 0.6) is 0 Å². The van der Waals surface area contributed by atoms with E-state index in [0.29, 0.717) is 12.1 Å². The summed E-state index contributed by atoms with van der Waals surface area (Å²) in [6.07, 6.45) is 4.84. The van der Waals surface area contributed by atoms with Gasteiger partial charge in [-0.25, -0.2) is 9.78 Å². The Balaban J connectivity index is 0.992. The normalized spacial score (nSPS) is 23.8. The Morgan fingerprint density at radius 3 is 1.83 bits per heavy atom. The quantitative estimate of drug-likeness (QED) is 0.188. The average molecular weight is 717 g/mol. The topological polar surface area (TPSA) is 135 Å². The summed E-state index contributed by atoms with van der Waals surface area (Å²) in [7, 11) is 0. The minimum absolute atomic E-state index is 0.0183. The SMILES string of the molecule is CC(Cn1cnc(-c2ccc(C(=O)N3C[C@@H](C(=O)N[C@H]4C[C@@H]4c4ccccc4)[C@H](C(=O)N[C@H]4C[C@@H]4c4ccccc4)C3)cc2)c1)NC(=O)OC(C)(C)C. The van der Waals surface area contributed by atoms with Crippen LogP contribution in [-0.2, 0) is 20.9 Å². The monoisotopic (exact) mass is 716 g/mol. The maximum Gasteiger partial charge on any atom is 0.407 e. The van der Waals surface area contributed by atoms with Crippen molar-refractivity contribution in [3.05, 3.63) is 114 Å². The van der Waals surface area contributed by atoms with Gasteiger partial charge in [-0.1, -0.05) is 72.8 Å². The number of carbonyl (C=O) groups excluding carboxylic acids is 4. The number of carbonyl (C=O) groups is 4. The maximum absolute atomic E-state index is 13.9. The first-order chi connectivity index (χ1) is 25.4. The molecule has 53 heavy (non-hydrogen) atoms. The zero-order chi connectivity index (χ0) is 37.3. The third-order valence-corrected chi connectivity index (χ3v) is 10.3. The smallest absolute Gasteiger partial charge is 0.407 e. The standard InChI is InChI=1S/C42H48N6O5/c1-26(44-41(52)53-42(2,3)4)21-47-24-37(43-25-47)29-15-17-30(18-16-29)40(51)48-22-33(38(49)45-35-19-31(35)27-11-7-5-8-12-27)34(23-48)39(50)46-36-20-32(36)28-13-9-6-10-14-28/h5-18,24-26,31-36H,19-23H2,1-4H3,(H,44,52)(H,45,49)(H,46,50)/t26?,31-,32-,33-,34-,35+,36+/m1/s1. The molecule has 11 heteroatoms. The maximum atomic E-state index is 13.9. The van der Waals surface area contributed by atoms with E-state index in [9.17, 15) is 19.2 Å². The van der Waals surface area contributed by atoms with Crippen LogP contribution in [0.2, 0.25) is 0 Å². The first-order valence-corrected chi connectivity index (χ1v) is 18.5. The highest BCUT2D eigenvalue weighted by Gasteiger charge is 2.49. The molecule has 7 rings (SSSR count). The lowest BCUT2D eigenvalue weighted by atomic mass is 9.94. The van der Waals surface area contributed by atoms with Crippen molar-refractivity contribution in [1.29, 1.82) is 0 Å². The number of nitrogens with one attached hydrogen (secondary N) is 3. The van der Waals surface area contributed by atoms with Gasteiger partial charge in [0.25, 0.3) is 5.91 Å². The first kappa shape index (κ1) is 35.9. The van der Waals surface area contributed by atoms with E-state index >= 15 is 0 Å². The largest absolute Gasteiger partial charge is 0.444 e. The van der Waals surface area contributed by atoms with Gasteiger partial charge in [0.2, 0.25) is 11.8 Å². The molecule has 3 aromatic carbocycles. The molecule has 1 aliphatic heterocycles. The van der Waals surface area contributed by atoms with Gasteiger partial charge in [0.05, 0.1) is 23.9 Å². The van der Waals surface area contributed by atoms with E-state index in [0.717, 1.165) is 24.1 Å². The molecule has 3 fully saturated rings. The van der Waals surface area contributed by atoms with Crippen molar-refractivity contribution < 1.29 is 23.9 Å². The third kappa shape index (κ3) is 8.79. The van der Waals surface area contributed by atoms with E-state index in [1.165, 1.54) is 11.1 Å². The lowest BCUT2D eigenvalue weighted by Gasteiger charge is -2.22. The molecule has 1 saturated heterocycles. The van der Waals surface area contributed by atoms with E-state index in [1.807, 2.05) is 87.0 Å². The molecule has 3 aliphatic rings. The lowest BCUT2D eigenvalue weighted by Crippen LogP contribution is -2.43. The zero-order valence-electron chi connectivity index (χ0n) is 30.7. The second kappa shape index (κ2) is 14.9. The van der Waals surface area contributed by atoms with Gasteiger partial charge in [-0.3, -0.25) is 14.4 Å². The Morgan fingerprint density at radius 1 is 0.792 bits per heavy atom. The minimum atomic E-state index is -0.652. The van der Waals surface area contributed by atoms with Crippen LogP contribution >= 0.6 is 0 Å². The molecule has 0 bridgehead atoms. The molecule has 276 valence electrons. The highest BCUT2D eigenvalue weighted by atomic mass is 16.6. The summed E-state index contributed by atoms with van der Waals surface area (Å²) in [5.41, 5.74) is 3.84. The Kier molecular flexibility index (Phi) is 10.1. The summed E-state index contributed by atoms with van der Waals surface area (Å²) in [6.45, 7) is 8.19. The summed E-state index contributed by atoms with van der Waals surface area (Å²) in [4.78, 5) is 59.8. The Morgan fingerprint density at radius 2 is 1.32 bits per heavy atom. The first-order valence-electron chi connectivity index (χ1n) is 18.5. The molecule has 2 heterocycles. The number of ether oxygens (including phenoxy) is 1. The number of likely N-dealkylation sites (tertiary alicyclic amines) is 1. The van der Waals surface area contributed by atoms with E-state index in [4.69, 9.17) is 4.74 Å². The van der Waals surface area contributed by atoms with Crippen LogP contribution in [0.15, 0.2) is 97.5 Å². The summed E-state index contributed by atoms with van der Waals surface area (Å²) in [5.74, 6) is -1.37. The fourth-order valence-corrected chi connectivity index (χ4v) is 7.37. The molecular weight excluding hydrogens is 668 g/mol. The highest BCUT2D eigenvalue weighted by molar-refractivity contribution is 5.97. The van der Waals surface area contributed by atoms with Gasteiger partial charge in [-0.2, -0.15) is 0 Å². The van der Waals surface area contributed by atoms with Gasteiger partial charge in [-0.05, 0) is 63.8 Å². The Bertz CT molecular complexity index is 1860. The molecule has 3 N–H and O–H groups in total. The van der Waals surface area contributed by atoms with Gasteiger partial charge in [0.15, 0.2) is 0 Å². The molecule has 0 spiro atoms. The van der Waals surface area contributed by atoms with Crippen LogP contribution in [0, 0.1) is 11.8 Å². The lowest BCUT2D eigenvalue weighted by molar-refractivity contribution is -0.133. The van der Waals surface area contributed by atoms with Gasteiger partial charge < -0.3 is 30.2 Å². The van der Waals surface area contributed by atoms with Crippen LogP contribution in [0.3, 0.4) is 0 Å². The average Bonchev–Trinajstić information content (AvgIpc) is 3.97. The van der Waals surface area contributed by atoms with Gasteiger partial charge >= 0.3 is 6.09 Å². The third-order valence-electron chi connectivity index (χ3n) is 10.3. The predicted molar refractivity (Wildman–Crippen MR) is 201 cm³/mol. The van der Waals surface area contributed by atoms with E-state index in [-0.39, 0.29) is 60.8 Å². The summed E-state index contributed by atoms with van der Waals surface area (Å²) < 4.78 is 7.24. The zero-order valence-corrected chi connectivity index (χ0v) is 30.7. The highest BCUT2D eigenvalue weighted by Crippen LogP contribution is 2.42. The van der Waals surface area contributed by atoms with E-state index in [2.05, 4.69) is 45.2 Å². The number of amides is 4. The van der Waals surface area contributed by atoms with Crippen LogP contribution in [0.1, 0.15) is 73.9 Å². The molecule has 1 unspecified atom stereocenters. The van der Waals surface area contributed by atoms with E-state index < -0.39 is 23.5 Å². The molecule has 2 aliphatic carbocycles. The van der Waals surface area contributed by atoms with Crippen LogP contribution in [-0.4, -0.2) is 75.1 Å². The molecule has 2 saturated carbocycles. The van der Waals surface area contributed by atoms with Crippen LogP contribution in [0.4, 0.5) is 4.79 Å². The second-order valence-corrected chi connectivity index (χ2v) is 15.7. The minimum Gasteiger partial charge on any atom is -0.444 e. The predicted octanol–water partition coefficient (Wildman–Crippen LogP) is 5.50. The van der Waals surface area contributed by atoms with Crippen molar-refractivity contribution in [1.82, 2.24) is 30.4 Å². The van der Waals surface area contributed by atoms with E-state index in [1.54, 1.807) is 23.4 Å². The number of aromatic nitrogens is 2. The second-order valence-electron chi connectivity index (χ2n) is 15.7. The molecule has 4 aromatic rings. The molecule has 1 aromatic heterocycles. The number of nitrogens with zero attached hydrogens (tertiary/aromatic N) is 3. The summed E-state index contributed by atoms with van der Waals surface area (Å²) in [6, 6.07) is 27.3. The molecular formula is C42H48N6O5. The fourth-order valence-electron chi connectivity index (χ4n) is 7.37. The van der Waals surface area contributed by atoms with Gasteiger partial charge in [0, 0.05) is 66.9 Å². The summed E-state index contributed by atoms with van der Waals surface area (Å²) in [5, 5.41) is 9.23. The Hall–Kier alpha value is -5.45. The van der Waals surface area contributed by atoms with Gasteiger partial charge in [0.1, 0.15) is 5.60 Å². The van der Waals surface area contributed by atoms with Crippen molar-refractivity contribution in [3.8, 4) is 11.3 Å². The fraction of sp³-hybridized carbons (Fsp3) is 0.405. The van der Waals surface area contributed by atoms with Crippen molar-refractivity contribution in [2.24, 2.45) is 11.8 Å². The number of imidazole rings is 1. The Labute approximate surface area is 310 Å². The molecule has 0 radical (unpaired) electrons. The van der Waals surface area contributed by atoms with Crippen molar-refractivity contribution in [2.75, 3.05) is 13.1 Å². The van der Waals surface area contributed by atoms with Gasteiger partial charge in [-0.15, -0.1) is 0 Å². The number of hydrogen-bond acceptors (Lipinski definition) is 6. The molecule has 7 atom stereocenters. The number of hydrogen-bond donors (Lipinski definition) is 3. The number of rotatable bonds is 11. The molecule has 11 nitrogen and oxygen atoms in total. The van der Waals surface area contributed by atoms with Crippen molar-refractivity contribution in [3.63, 3.8) is 0 Å². The molecule has 4 amide bonds. The van der Waals surface area contributed by atoms with Crippen molar-refractivity contribution >= 4 is 23.8 Å². The number of alkyl carbamates (subject to hydrolysis) is 1. The number of benzene rings is 3. The van der Waals surface area contributed by atoms with Crippen LogP contribution < -0.4 is 16.0 Å². The summed E-state index contributed by atoms with van der Waals surface area (Å²) >= 11 is 0. The van der Waals surface area contributed by atoms with Crippen molar-refractivity contribution in [2.45, 2.75) is 82.6 Å².